The Balaban J connectivity index is 1.59. The molecule has 0 aliphatic heterocycles. The zero-order valence-electron chi connectivity index (χ0n) is 15.7. The first-order chi connectivity index (χ1) is 13.9. The Morgan fingerprint density at radius 2 is 1.79 bits per heavy atom. The highest BCUT2D eigenvalue weighted by atomic mass is 35.5. The van der Waals surface area contributed by atoms with Crippen molar-refractivity contribution in [1.82, 2.24) is 0 Å². The number of anilines is 2. The molecule has 1 aliphatic carbocycles. The van der Waals surface area contributed by atoms with E-state index in [2.05, 4.69) is 5.32 Å². The standard InChI is InChI=1S/C21H19ClN2O3S2/c1-24(29(26,27)18-9-6-16(22)7-10-18)19-11-12-28-20(19)21(25)23-17-8-5-14-3-2-4-15(14)13-17/h5-13H,2-4H2,1H3,(H,23,25). The minimum absolute atomic E-state index is 0.112. The quantitative estimate of drug-likeness (QED) is 0.601. The molecule has 0 radical (unpaired) electrons. The first kappa shape index (κ1) is 19.9. The number of nitrogens with one attached hydrogen (secondary N) is 1. The Kier molecular flexibility index (Phi) is 5.38. The van der Waals surface area contributed by atoms with Crippen molar-refractivity contribution in [2.24, 2.45) is 0 Å². The zero-order chi connectivity index (χ0) is 20.6. The molecule has 0 saturated heterocycles. The molecule has 8 heteroatoms. The molecule has 0 atom stereocenters. The zero-order valence-corrected chi connectivity index (χ0v) is 18.1. The first-order valence-electron chi connectivity index (χ1n) is 9.11. The number of carbonyl (C=O) groups excluding carboxylic acids is 1. The van der Waals surface area contributed by atoms with Crippen molar-refractivity contribution < 1.29 is 13.2 Å². The number of sulfonamides is 1. The van der Waals surface area contributed by atoms with Gasteiger partial charge in [0, 0.05) is 17.8 Å². The van der Waals surface area contributed by atoms with Crippen LogP contribution in [-0.2, 0) is 22.9 Å². The molecule has 0 saturated carbocycles. The van der Waals surface area contributed by atoms with Gasteiger partial charge in [0.2, 0.25) is 0 Å². The summed E-state index contributed by atoms with van der Waals surface area (Å²) in [6, 6.07) is 13.5. The van der Waals surface area contributed by atoms with E-state index in [0.717, 1.165) is 29.3 Å². The average molecular weight is 447 g/mol. The third kappa shape index (κ3) is 3.90. The minimum Gasteiger partial charge on any atom is -0.321 e. The predicted octanol–water partition coefficient (Wildman–Crippen LogP) is 4.97. The van der Waals surface area contributed by atoms with E-state index < -0.39 is 10.0 Å². The second-order valence-corrected chi connectivity index (χ2v) is 10.2. The van der Waals surface area contributed by atoms with Crippen LogP contribution in [0.3, 0.4) is 0 Å². The fourth-order valence-corrected chi connectivity index (χ4v) is 5.66. The second-order valence-electron chi connectivity index (χ2n) is 6.85. The van der Waals surface area contributed by atoms with Gasteiger partial charge in [0.25, 0.3) is 15.9 Å². The van der Waals surface area contributed by atoms with E-state index in [4.69, 9.17) is 11.6 Å². The lowest BCUT2D eigenvalue weighted by Gasteiger charge is -2.20. The molecule has 0 bridgehead atoms. The molecule has 5 nitrogen and oxygen atoms in total. The maximum Gasteiger partial charge on any atom is 0.267 e. The van der Waals surface area contributed by atoms with E-state index in [1.807, 2.05) is 18.2 Å². The minimum atomic E-state index is -3.81. The fourth-order valence-electron chi connectivity index (χ4n) is 3.45. The van der Waals surface area contributed by atoms with E-state index in [1.165, 1.54) is 53.8 Å². The van der Waals surface area contributed by atoms with Crippen LogP contribution in [0.2, 0.25) is 5.02 Å². The number of rotatable bonds is 5. The van der Waals surface area contributed by atoms with Crippen LogP contribution in [0.15, 0.2) is 58.8 Å². The summed E-state index contributed by atoms with van der Waals surface area (Å²) in [6.45, 7) is 0. The Morgan fingerprint density at radius 3 is 2.55 bits per heavy atom. The molecule has 1 heterocycles. The Labute approximate surface area is 179 Å². The molecule has 1 aliphatic rings. The molecule has 0 fully saturated rings. The van der Waals surface area contributed by atoms with Crippen molar-refractivity contribution in [3.05, 3.63) is 74.9 Å². The summed E-state index contributed by atoms with van der Waals surface area (Å²) in [7, 11) is -2.37. The average Bonchev–Trinajstić information content (AvgIpc) is 3.36. The van der Waals surface area contributed by atoms with Crippen LogP contribution in [0, 0.1) is 0 Å². The number of halogens is 1. The normalized spacial score (nSPS) is 13.2. The fraction of sp³-hybridized carbons (Fsp3) is 0.190. The van der Waals surface area contributed by atoms with Gasteiger partial charge in [-0.1, -0.05) is 17.7 Å². The van der Waals surface area contributed by atoms with Gasteiger partial charge in [0.05, 0.1) is 10.6 Å². The lowest BCUT2D eigenvalue weighted by atomic mass is 10.1. The van der Waals surface area contributed by atoms with Crippen molar-refractivity contribution in [3.8, 4) is 0 Å². The van der Waals surface area contributed by atoms with Crippen molar-refractivity contribution in [2.45, 2.75) is 24.2 Å². The van der Waals surface area contributed by atoms with Crippen LogP contribution in [0.1, 0.15) is 27.2 Å². The van der Waals surface area contributed by atoms with Gasteiger partial charge in [-0.15, -0.1) is 11.3 Å². The van der Waals surface area contributed by atoms with Gasteiger partial charge < -0.3 is 5.32 Å². The first-order valence-corrected chi connectivity index (χ1v) is 11.8. The van der Waals surface area contributed by atoms with E-state index in [9.17, 15) is 13.2 Å². The van der Waals surface area contributed by atoms with Crippen LogP contribution in [0.4, 0.5) is 11.4 Å². The molecular formula is C21H19ClN2O3S2. The maximum absolute atomic E-state index is 13.0. The number of benzene rings is 2. The van der Waals surface area contributed by atoms with Crippen LogP contribution in [-0.4, -0.2) is 21.4 Å². The third-order valence-corrected chi connectivity index (χ3v) is 7.96. The molecule has 29 heavy (non-hydrogen) atoms. The third-order valence-electron chi connectivity index (χ3n) is 5.02. The molecule has 0 unspecified atom stereocenters. The Bertz CT molecular complexity index is 1170. The second kappa shape index (κ2) is 7.82. The summed E-state index contributed by atoms with van der Waals surface area (Å²) in [5.41, 5.74) is 3.65. The number of hydrogen-bond acceptors (Lipinski definition) is 4. The molecule has 150 valence electrons. The van der Waals surface area contributed by atoms with Crippen molar-refractivity contribution in [3.63, 3.8) is 0 Å². The summed E-state index contributed by atoms with van der Waals surface area (Å²) in [5.74, 6) is -0.328. The number of amides is 1. The smallest absolute Gasteiger partial charge is 0.267 e. The topological polar surface area (TPSA) is 66.5 Å². The summed E-state index contributed by atoms with van der Waals surface area (Å²) < 4.78 is 27.0. The van der Waals surface area contributed by atoms with Crippen LogP contribution >= 0.6 is 22.9 Å². The van der Waals surface area contributed by atoms with Crippen molar-refractivity contribution in [2.75, 3.05) is 16.7 Å². The number of carbonyl (C=O) groups is 1. The van der Waals surface area contributed by atoms with Gasteiger partial charge in [0.15, 0.2) is 0 Å². The Morgan fingerprint density at radius 1 is 1.07 bits per heavy atom. The monoisotopic (exact) mass is 446 g/mol. The van der Waals surface area contributed by atoms with Gasteiger partial charge in [-0.05, 0) is 78.2 Å². The summed E-state index contributed by atoms with van der Waals surface area (Å²) in [6.07, 6.45) is 3.23. The molecule has 1 aromatic heterocycles. The molecule has 3 aromatic rings. The van der Waals surface area contributed by atoms with Gasteiger partial charge in [0.1, 0.15) is 4.88 Å². The van der Waals surface area contributed by atoms with Crippen LogP contribution in [0.5, 0.6) is 0 Å². The van der Waals surface area contributed by atoms with Crippen LogP contribution < -0.4 is 9.62 Å². The van der Waals surface area contributed by atoms with E-state index in [-0.39, 0.29) is 10.8 Å². The van der Waals surface area contributed by atoms with E-state index in [0.29, 0.717) is 15.6 Å². The maximum atomic E-state index is 13.0. The van der Waals surface area contributed by atoms with Gasteiger partial charge in [-0.25, -0.2) is 8.42 Å². The summed E-state index contributed by atoms with van der Waals surface area (Å²) >= 11 is 7.07. The van der Waals surface area contributed by atoms with Gasteiger partial charge >= 0.3 is 0 Å². The highest BCUT2D eigenvalue weighted by molar-refractivity contribution is 7.92. The highest BCUT2D eigenvalue weighted by Crippen LogP contribution is 2.31. The molecule has 4 rings (SSSR count). The van der Waals surface area contributed by atoms with Gasteiger partial charge in [-0.3, -0.25) is 9.10 Å². The summed E-state index contributed by atoms with van der Waals surface area (Å²) in [5, 5.41) is 5.06. The number of fused-ring (bicyclic) bond motifs is 1. The number of nitrogens with zero attached hydrogens (tertiary/aromatic N) is 1. The van der Waals surface area contributed by atoms with Crippen molar-refractivity contribution >= 4 is 50.2 Å². The van der Waals surface area contributed by atoms with Crippen molar-refractivity contribution in [1.29, 1.82) is 0 Å². The Hall–Kier alpha value is -2.35. The van der Waals surface area contributed by atoms with E-state index in [1.54, 1.807) is 11.4 Å². The SMILES string of the molecule is CN(c1ccsc1C(=O)Nc1ccc2c(c1)CCC2)S(=O)(=O)c1ccc(Cl)cc1. The molecule has 0 spiro atoms. The molecule has 1 N–H and O–H groups in total. The summed E-state index contributed by atoms with van der Waals surface area (Å²) in [4.78, 5) is 13.3. The lowest BCUT2D eigenvalue weighted by molar-refractivity contribution is 0.103. The van der Waals surface area contributed by atoms with E-state index >= 15 is 0 Å². The number of thiophene rings is 1. The van der Waals surface area contributed by atoms with Gasteiger partial charge in [-0.2, -0.15) is 0 Å². The largest absolute Gasteiger partial charge is 0.321 e. The molecule has 1 amide bonds. The lowest BCUT2D eigenvalue weighted by Crippen LogP contribution is -2.28. The number of aryl methyl sites for hydroxylation is 2. The number of hydrogen-bond donors (Lipinski definition) is 1. The highest BCUT2D eigenvalue weighted by Gasteiger charge is 2.26. The van der Waals surface area contributed by atoms with Crippen LogP contribution in [0.25, 0.3) is 0 Å². The molecule has 2 aromatic carbocycles. The molecular weight excluding hydrogens is 428 g/mol. The predicted molar refractivity (Wildman–Crippen MR) is 118 cm³/mol.